The highest BCUT2D eigenvalue weighted by atomic mass is 32.2. The summed E-state index contributed by atoms with van der Waals surface area (Å²) in [6.45, 7) is 2.81. The van der Waals surface area contributed by atoms with Gasteiger partial charge in [0.05, 0.1) is 26.2 Å². The van der Waals surface area contributed by atoms with Crippen LogP contribution in [0.4, 0.5) is 0 Å². The Bertz CT molecular complexity index is 699. The maximum Gasteiger partial charge on any atom is 0.132 e. The first-order chi connectivity index (χ1) is 12.2. The monoisotopic (exact) mass is 359 g/mol. The topological polar surface area (TPSA) is 40.0 Å². The van der Waals surface area contributed by atoms with Crippen LogP contribution in [0.3, 0.4) is 0 Å². The van der Waals surface area contributed by atoms with E-state index in [1.54, 1.807) is 33.1 Å². The van der Waals surface area contributed by atoms with Crippen LogP contribution in [0.25, 0.3) is 0 Å². The van der Waals surface area contributed by atoms with Crippen LogP contribution in [-0.2, 0) is 6.42 Å². The van der Waals surface area contributed by atoms with Gasteiger partial charge in [0.25, 0.3) is 0 Å². The number of methoxy groups -OCH3 is 3. The zero-order valence-electron chi connectivity index (χ0n) is 15.2. The van der Waals surface area contributed by atoms with E-state index in [0.717, 1.165) is 45.4 Å². The minimum absolute atomic E-state index is 0.686. The molecule has 5 heteroatoms. The fourth-order valence-electron chi connectivity index (χ4n) is 2.44. The highest BCUT2D eigenvalue weighted by molar-refractivity contribution is 7.99. The Hall–Kier alpha value is -2.14. The molecule has 0 atom stereocenters. The van der Waals surface area contributed by atoms with Crippen LogP contribution in [0.5, 0.6) is 17.2 Å². The summed E-state index contributed by atoms with van der Waals surface area (Å²) in [4.78, 5) is 5.62. The molecule has 0 saturated heterocycles. The lowest BCUT2D eigenvalue weighted by Crippen LogP contribution is -1.98. The van der Waals surface area contributed by atoms with Crippen molar-refractivity contribution in [1.82, 2.24) is 0 Å². The fraction of sp³-hybridized carbons (Fsp3) is 0.350. The molecule has 0 unspecified atom stereocenters. The third-order valence-corrected chi connectivity index (χ3v) is 4.65. The number of ether oxygens (including phenoxy) is 3. The average Bonchev–Trinajstić information content (AvgIpc) is 2.66. The second-order valence-corrected chi connectivity index (χ2v) is 6.61. The van der Waals surface area contributed by atoms with E-state index in [2.05, 4.69) is 24.0 Å². The molecule has 0 bridgehead atoms. The van der Waals surface area contributed by atoms with Gasteiger partial charge in [-0.15, -0.1) is 11.8 Å². The van der Waals surface area contributed by atoms with Crippen molar-refractivity contribution in [2.45, 2.75) is 18.2 Å². The molecule has 0 aromatic heterocycles. The molecule has 0 saturated carbocycles. The first-order valence-electron chi connectivity index (χ1n) is 8.23. The van der Waals surface area contributed by atoms with Crippen LogP contribution in [0.1, 0.15) is 18.1 Å². The summed E-state index contributed by atoms with van der Waals surface area (Å²) in [6.07, 6.45) is 2.67. The van der Waals surface area contributed by atoms with Crippen molar-refractivity contribution in [3.8, 4) is 17.2 Å². The number of thioether (sulfide) groups is 1. The number of hydrogen-bond acceptors (Lipinski definition) is 5. The SMILES string of the molecule is CCSc1cc(OC)c(CCN=Cc2ccc(OC)cc2)cc1OC. The van der Waals surface area contributed by atoms with E-state index in [1.165, 1.54) is 0 Å². The van der Waals surface area contributed by atoms with Crippen molar-refractivity contribution >= 4 is 18.0 Å². The lowest BCUT2D eigenvalue weighted by Gasteiger charge is -2.13. The molecule has 0 heterocycles. The number of rotatable bonds is 9. The van der Waals surface area contributed by atoms with Gasteiger partial charge in [0.15, 0.2) is 0 Å². The molecule has 134 valence electrons. The fourth-order valence-corrected chi connectivity index (χ4v) is 3.23. The maximum absolute atomic E-state index is 5.54. The van der Waals surface area contributed by atoms with E-state index in [-0.39, 0.29) is 0 Å². The molecular weight excluding hydrogens is 334 g/mol. The van der Waals surface area contributed by atoms with Gasteiger partial charge in [0.2, 0.25) is 0 Å². The molecule has 0 radical (unpaired) electrons. The van der Waals surface area contributed by atoms with Gasteiger partial charge in [-0.25, -0.2) is 0 Å². The van der Waals surface area contributed by atoms with Crippen LogP contribution >= 0.6 is 11.8 Å². The van der Waals surface area contributed by atoms with Crippen molar-refractivity contribution in [2.24, 2.45) is 4.99 Å². The van der Waals surface area contributed by atoms with Crippen LogP contribution in [0.2, 0.25) is 0 Å². The van der Waals surface area contributed by atoms with Gasteiger partial charge in [0.1, 0.15) is 17.2 Å². The highest BCUT2D eigenvalue weighted by Gasteiger charge is 2.11. The van der Waals surface area contributed by atoms with Gasteiger partial charge in [-0.1, -0.05) is 6.92 Å². The number of hydrogen-bond donors (Lipinski definition) is 0. The van der Waals surface area contributed by atoms with Gasteiger partial charge in [-0.2, -0.15) is 0 Å². The van der Waals surface area contributed by atoms with Gasteiger partial charge in [-0.05, 0) is 59.7 Å². The molecular formula is C20H25NO3S. The molecule has 2 aromatic rings. The van der Waals surface area contributed by atoms with Gasteiger partial charge >= 0.3 is 0 Å². The van der Waals surface area contributed by atoms with E-state index >= 15 is 0 Å². The first-order valence-corrected chi connectivity index (χ1v) is 9.22. The summed E-state index contributed by atoms with van der Waals surface area (Å²) in [5.41, 5.74) is 2.16. The van der Waals surface area contributed by atoms with Crippen LogP contribution in [0, 0.1) is 0 Å². The highest BCUT2D eigenvalue weighted by Crippen LogP contribution is 2.35. The quantitative estimate of drug-likeness (QED) is 0.489. The molecule has 0 amide bonds. The minimum atomic E-state index is 0.686. The third-order valence-electron chi connectivity index (χ3n) is 3.73. The maximum atomic E-state index is 5.54. The molecule has 4 nitrogen and oxygen atoms in total. The number of nitrogens with zero attached hydrogens (tertiary/aromatic N) is 1. The Morgan fingerprint density at radius 3 is 2.28 bits per heavy atom. The molecule has 0 aliphatic rings. The van der Waals surface area contributed by atoms with Crippen LogP contribution in [-0.4, -0.2) is 39.8 Å². The standard InChI is InChI=1S/C20H25NO3S/c1-5-25-20-13-18(23-3)16(12-19(20)24-4)10-11-21-14-15-6-8-17(22-2)9-7-15/h6-9,12-14H,5,10-11H2,1-4H3. The third kappa shape index (κ3) is 5.43. The average molecular weight is 359 g/mol. The van der Waals surface area contributed by atoms with Crippen LogP contribution in [0.15, 0.2) is 46.3 Å². The van der Waals surface area contributed by atoms with E-state index in [1.807, 2.05) is 30.5 Å². The Balaban J connectivity index is 2.04. The Kier molecular flexibility index (Phi) is 7.67. The lowest BCUT2D eigenvalue weighted by atomic mass is 10.1. The molecule has 2 rings (SSSR count). The Morgan fingerprint density at radius 1 is 0.960 bits per heavy atom. The molecule has 0 N–H and O–H groups in total. The second kappa shape index (κ2) is 9.99. The summed E-state index contributed by atoms with van der Waals surface area (Å²) in [5, 5.41) is 0. The van der Waals surface area contributed by atoms with Gasteiger partial charge in [0, 0.05) is 12.8 Å². The predicted molar refractivity (Wildman–Crippen MR) is 105 cm³/mol. The first kappa shape index (κ1) is 19.2. The van der Waals surface area contributed by atoms with Crippen LogP contribution < -0.4 is 14.2 Å². The zero-order chi connectivity index (χ0) is 18.1. The van der Waals surface area contributed by atoms with Gasteiger partial charge < -0.3 is 14.2 Å². The zero-order valence-corrected chi connectivity index (χ0v) is 16.1. The normalized spacial score (nSPS) is 10.9. The van der Waals surface area contributed by atoms with Gasteiger partial charge in [-0.3, -0.25) is 4.99 Å². The second-order valence-electron chi connectivity index (χ2n) is 5.31. The van der Waals surface area contributed by atoms with E-state index in [9.17, 15) is 0 Å². The molecule has 0 aliphatic carbocycles. The molecule has 0 spiro atoms. The molecule has 0 fully saturated rings. The van der Waals surface area contributed by atoms with E-state index in [4.69, 9.17) is 14.2 Å². The number of benzene rings is 2. The van der Waals surface area contributed by atoms with Crippen molar-refractivity contribution < 1.29 is 14.2 Å². The van der Waals surface area contributed by atoms with Crippen molar-refractivity contribution in [3.05, 3.63) is 47.5 Å². The number of aliphatic imine (C=N–C) groups is 1. The largest absolute Gasteiger partial charge is 0.497 e. The lowest BCUT2D eigenvalue weighted by molar-refractivity contribution is 0.390. The molecule has 2 aromatic carbocycles. The Labute approximate surface area is 154 Å². The summed E-state index contributed by atoms with van der Waals surface area (Å²) in [5.74, 6) is 3.61. The summed E-state index contributed by atoms with van der Waals surface area (Å²) in [6, 6.07) is 11.9. The van der Waals surface area contributed by atoms with Crippen molar-refractivity contribution in [3.63, 3.8) is 0 Å². The smallest absolute Gasteiger partial charge is 0.132 e. The predicted octanol–water partition coefficient (Wildman–Crippen LogP) is 4.49. The van der Waals surface area contributed by atoms with E-state index in [0.29, 0.717) is 6.54 Å². The molecule has 0 aliphatic heterocycles. The molecule has 25 heavy (non-hydrogen) atoms. The summed E-state index contributed by atoms with van der Waals surface area (Å²) in [7, 11) is 5.06. The van der Waals surface area contributed by atoms with E-state index < -0.39 is 0 Å². The van der Waals surface area contributed by atoms with Crippen molar-refractivity contribution in [2.75, 3.05) is 33.6 Å². The summed E-state index contributed by atoms with van der Waals surface area (Å²) >= 11 is 1.75. The summed E-state index contributed by atoms with van der Waals surface area (Å²) < 4.78 is 16.2. The van der Waals surface area contributed by atoms with Crippen molar-refractivity contribution in [1.29, 1.82) is 0 Å². The Morgan fingerprint density at radius 2 is 1.68 bits per heavy atom. The minimum Gasteiger partial charge on any atom is -0.497 e.